The maximum atomic E-state index is 12.8. The van der Waals surface area contributed by atoms with Crippen LogP contribution in [0, 0.1) is 5.92 Å². The highest BCUT2D eigenvalue weighted by Crippen LogP contribution is 2.29. The van der Waals surface area contributed by atoms with Crippen LogP contribution in [-0.2, 0) is 14.8 Å². The van der Waals surface area contributed by atoms with Gasteiger partial charge in [-0.3, -0.25) is 4.79 Å². The summed E-state index contributed by atoms with van der Waals surface area (Å²) in [6.07, 6.45) is 6.74. The van der Waals surface area contributed by atoms with Crippen LogP contribution in [0.25, 0.3) is 0 Å². The third-order valence-corrected chi connectivity index (χ3v) is 7.37. The van der Waals surface area contributed by atoms with Gasteiger partial charge in [-0.15, -0.1) is 0 Å². The second-order valence-corrected chi connectivity index (χ2v) is 9.21. The molecule has 0 spiro atoms. The lowest BCUT2D eigenvalue weighted by Crippen LogP contribution is -2.49. The molecule has 2 heterocycles. The van der Waals surface area contributed by atoms with Gasteiger partial charge >= 0.3 is 5.97 Å². The fraction of sp³-hybridized carbons (Fsp3) is 0.667. The van der Waals surface area contributed by atoms with Gasteiger partial charge in [-0.05, 0) is 50.7 Å². The van der Waals surface area contributed by atoms with Crippen LogP contribution < -0.4 is 5.32 Å². The lowest BCUT2D eigenvalue weighted by Gasteiger charge is -2.30. The molecule has 150 valence electrons. The van der Waals surface area contributed by atoms with Gasteiger partial charge in [0.15, 0.2) is 0 Å². The Bertz CT molecular complexity index is 797. The van der Waals surface area contributed by atoms with Crippen molar-refractivity contribution in [1.29, 1.82) is 0 Å². The van der Waals surface area contributed by atoms with E-state index in [4.69, 9.17) is 9.52 Å². The average molecular weight is 398 g/mol. The molecule has 1 aromatic rings. The molecule has 0 bridgehead atoms. The van der Waals surface area contributed by atoms with Crippen LogP contribution in [-0.4, -0.2) is 48.3 Å². The summed E-state index contributed by atoms with van der Waals surface area (Å²) in [6, 6.07) is 1.44. The van der Waals surface area contributed by atoms with Crippen LogP contribution in [0.4, 0.5) is 0 Å². The lowest BCUT2D eigenvalue weighted by molar-refractivity contribution is -0.125. The van der Waals surface area contributed by atoms with Crippen LogP contribution in [0.1, 0.15) is 62.4 Å². The van der Waals surface area contributed by atoms with Crippen molar-refractivity contribution < 1.29 is 27.5 Å². The predicted molar refractivity (Wildman–Crippen MR) is 96.8 cm³/mol. The average Bonchev–Trinajstić information content (AvgIpc) is 3.32. The van der Waals surface area contributed by atoms with Gasteiger partial charge < -0.3 is 14.8 Å². The van der Waals surface area contributed by atoms with Crippen molar-refractivity contribution in [3.8, 4) is 0 Å². The van der Waals surface area contributed by atoms with Crippen molar-refractivity contribution in [2.75, 3.05) is 6.54 Å². The molecule has 1 saturated heterocycles. The Labute approximate surface area is 159 Å². The number of furan rings is 1. The molecule has 9 heteroatoms. The monoisotopic (exact) mass is 398 g/mol. The summed E-state index contributed by atoms with van der Waals surface area (Å²) in [5.41, 5.74) is 0. The number of aromatic carboxylic acids is 1. The second-order valence-electron chi connectivity index (χ2n) is 7.39. The molecule has 0 aromatic carbocycles. The number of hydrogen-bond donors (Lipinski definition) is 2. The summed E-state index contributed by atoms with van der Waals surface area (Å²) in [7, 11) is -4.06. The normalized spacial score (nSPS) is 23.2. The number of carbonyl (C=O) groups excluding carboxylic acids is 1. The van der Waals surface area contributed by atoms with Gasteiger partial charge in [0.2, 0.25) is 16.8 Å². The smallest absolute Gasteiger partial charge is 0.371 e. The fourth-order valence-corrected chi connectivity index (χ4v) is 5.62. The maximum Gasteiger partial charge on any atom is 0.371 e. The summed E-state index contributed by atoms with van der Waals surface area (Å²) < 4.78 is 31.8. The number of amides is 1. The molecule has 0 radical (unpaired) electrons. The predicted octanol–water partition coefficient (Wildman–Crippen LogP) is 2.22. The van der Waals surface area contributed by atoms with Crippen molar-refractivity contribution in [2.24, 2.45) is 5.92 Å². The highest BCUT2D eigenvalue weighted by molar-refractivity contribution is 7.89. The standard InChI is InChI=1S/C18H26N2O6S/c1-12(13-6-3-2-4-7-13)19-17(21)14-8-5-11-20(14)27(24,25)16-10-9-15(26-16)18(22)23/h9-10,12-14H,2-8,11H2,1H3,(H,19,21)(H,22,23). The molecule has 27 heavy (non-hydrogen) atoms. The Balaban J connectivity index is 1.71. The minimum Gasteiger partial charge on any atom is -0.475 e. The number of rotatable bonds is 6. The Morgan fingerprint density at radius 1 is 1.19 bits per heavy atom. The zero-order valence-electron chi connectivity index (χ0n) is 15.4. The molecule has 1 aliphatic carbocycles. The van der Waals surface area contributed by atoms with E-state index in [9.17, 15) is 18.0 Å². The first-order valence-corrected chi connectivity index (χ1v) is 10.9. The molecule has 1 saturated carbocycles. The summed E-state index contributed by atoms with van der Waals surface area (Å²) in [4.78, 5) is 23.7. The number of hydrogen-bond acceptors (Lipinski definition) is 5. The quantitative estimate of drug-likeness (QED) is 0.759. The fourth-order valence-electron chi connectivity index (χ4n) is 4.05. The molecular formula is C18H26N2O6S. The van der Waals surface area contributed by atoms with Gasteiger partial charge in [-0.25, -0.2) is 13.2 Å². The summed E-state index contributed by atoms with van der Waals surface area (Å²) in [5, 5.41) is 11.5. The molecule has 1 aliphatic heterocycles. The Kier molecular flexibility index (Phi) is 5.90. The van der Waals surface area contributed by atoms with Crippen molar-refractivity contribution >= 4 is 21.9 Å². The van der Waals surface area contributed by atoms with Gasteiger partial charge in [0, 0.05) is 12.6 Å². The van der Waals surface area contributed by atoms with E-state index in [2.05, 4.69) is 5.32 Å². The van der Waals surface area contributed by atoms with E-state index in [1.165, 1.54) is 19.3 Å². The number of carboxylic acid groups (broad SMARTS) is 1. The molecular weight excluding hydrogens is 372 g/mol. The molecule has 1 aromatic heterocycles. The van der Waals surface area contributed by atoms with Crippen molar-refractivity contribution in [3.05, 3.63) is 17.9 Å². The van der Waals surface area contributed by atoms with Crippen LogP contribution in [0.5, 0.6) is 0 Å². The zero-order valence-corrected chi connectivity index (χ0v) is 16.2. The van der Waals surface area contributed by atoms with Crippen molar-refractivity contribution in [1.82, 2.24) is 9.62 Å². The van der Waals surface area contributed by atoms with E-state index >= 15 is 0 Å². The Morgan fingerprint density at radius 3 is 2.52 bits per heavy atom. The van der Waals surface area contributed by atoms with Crippen LogP contribution in [0.2, 0.25) is 0 Å². The van der Waals surface area contributed by atoms with Crippen molar-refractivity contribution in [3.63, 3.8) is 0 Å². The van der Waals surface area contributed by atoms with Crippen LogP contribution >= 0.6 is 0 Å². The molecule has 3 rings (SSSR count). The molecule has 2 aliphatic rings. The zero-order chi connectivity index (χ0) is 19.6. The minimum atomic E-state index is -4.06. The number of nitrogens with one attached hydrogen (secondary N) is 1. The number of carboxylic acids is 1. The molecule has 8 nitrogen and oxygen atoms in total. The third kappa shape index (κ3) is 4.19. The van der Waals surface area contributed by atoms with E-state index in [1.54, 1.807) is 0 Å². The third-order valence-electron chi connectivity index (χ3n) is 5.59. The molecule has 1 amide bonds. The topological polar surface area (TPSA) is 117 Å². The number of nitrogens with zero attached hydrogens (tertiary/aromatic N) is 1. The Hall–Kier alpha value is -1.87. The number of sulfonamides is 1. The Morgan fingerprint density at radius 2 is 1.89 bits per heavy atom. The van der Waals surface area contributed by atoms with E-state index in [0.717, 1.165) is 29.3 Å². The van der Waals surface area contributed by atoms with Crippen LogP contribution in [0.3, 0.4) is 0 Å². The summed E-state index contributed by atoms with van der Waals surface area (Å²) in [6.45, 7) is 2.19. The van der Waals surface area contributed by atoms with Gasteiger partial charge in [0.05, 0.1) is 0 Å². The van der Waals surface area contributed by atoms with E-state index < -0.39 is 32.9 Å². The van der Waals surface area contributed by atoms with Crippen LogP contribution in [0.15, 0.2) is 21.6 Å². The first kappa shape index (κ1) is 19.9. The van der Waals surface area contributed by atoms with Gasteiger partial charge in [-0.1, -0.05) is 19.3 Å². The van der Waals surface area contributed by atoms with Gasteiger partial charge in [-0.2, -0.15) is 4.31 Å². The molecule has 2 fully saturated rings. The van der Waals surface area contributed by atoms with Gasteiger partial charge in [0.1, 0.15) is 6.04 Å². The number of carbonyl (C=O) groups is 2. The van der Waals surface area contributed by atoms with E-state index in [1.807, 2.05) is 6.92 Å². The first-order chi connectivity index (χ1) is 12.8. The lowest BCUT2D eigenvalue weighted by atomic mass is 9.84. The summed E-state index contributed by atoms with van der Waals surface area (Å²) >= 11 is 0. The molecule has 2 N–H and O–H groups in total. The summed E-state index contributed by atoms with van der Waals surface area (Å²) in [5.74, 6) is -1.65. The SMILES string of the molecule is CC(NC(=O)C1CCCN1S(=O)(=O)c1ccc(C(=O)O)o1)C1CCCCC1. The minimum absolute atomic E-state index is 0.00480. The highest BCUT2D eigenvalue weighted by Gasteiger charge is 2.41. The largest absolute Gasteiger partial charge is 0.475 e. The first-order valence-electron chi connectivity index (χ1n) is 9.46. The van der Waals surface area contributed by atoms with E-state index in [-0.39, 0.29) is 18.5 Å². The highest BCUT2D eigenvalue weighted by atomic mass is 32.2. The second kappa shape index (κ2) is 8.02. The van der Waals surface area contributed by atoms with E-state index in [0.29, 0.717) is 18.8 Å². The van der Waals surface area contributed by atoms with Gasteiger partial charge in [0.25, 0.3) is 10.0 Å². The van der Waals surface area contributed by atoms with Crippen molar-refractivity contribution in [2.45, 2.75) is 69.0 Å². The molecule has 2 unspecified atom stereocenters. The molecule has 2 atom stereocenters. The maximum absolute atomic E-state index is 12.8.